The summed E-state index contributed by atoms with van der Waals surface area (Å²) in [6.45, 7) is 0.637. The Hall–Kier alpha value is -2.66. The molecule has 1 rings (SSSR count). The zero-order valence-electron chi connectivity index (χ0n) is 12.9. The molecule has 1 aromatic carbocycles. The third kappa shape index (κ3) is 5.52. The molecule has 5 nitrogen and oxygen atoms in total. The molecule has 0 aromatic heterocycles. The number of rotatable bonds is 6. The molecule has 0 saturated carbocycles. The van der Waals surface area contributed by atoms with Gasteiger partial charge in [-0.1, -0.05) is 12.0 Å². The maximum atomic E-state index is 13.0. The van der Waals surface area contributed by atoms with Gasteiger partial charge in [-0.15, -0.1) is 6.42 Å². The van der Waals surface area contributed by atoms with Crippen molar-refractivity contribution < 1.29 is 27.8 Å². The van der Waals surface area contributed by atoms with Crippen LogP contribution in [0.15, 0.2) is 36.6 Å². The fourth-order valence-electron chi connectivity index (χ4n) is 1.59. The Bertz CT molecular complexity index is 638. The van der Waals surface area contributed by atoms with Crippen LogP contribution in [0.5, 0.6) is 0 Å². The number of aliphatic hydroxyl groups is 1. The highest BCUT2D eigenvalue weighted by molar-refractivity contribution is 5.89. The second-order valence-corrected chi connectivity index (χ2v) is 4.71. The molecule has 0 bridgehead atoms. The van der Waals surface area contributed by atoms with Crippen molar-refractivity contribution in [3.05, 3.63) is 42.2 Å². The molecule has 0 heterocycles. The van der Waals surface area contributed by atoms with Crippen LogP contribution in [0.1, 0.15) is 12.5 Å². The van der Waals surface area contributed by atoms with Gasteiger partial charge in [0, 0.05) is 11.3 Å². The van der Waals surface area contributed by atoms with Crippen LogP contribution in [0, 0.1) is 12.3 Å². The zero-order chi connectivity index (χ0) is 18.2. The number of anilines is 1. The number of carbonyl (C=O) groups excluding carboxylic acids is 1. The molecule has 130 valence electrons. The molecule has 8 heteroatoms. The standard InChI is InChI=1S/C16H17F3N2O3/c1-3-12-6-5-7-13(10-12)21-14(22)20-11-15(23,16(17,18)19)8-9-24-4-2/h1,5-10,23H,4,11H2,2H3,(H2,20,21,22)/b9-8+. The number of nitrogens with one attached hydrogen (secondary N) is 2. The van der Waals surface area contributed by atoms with Crippen molar-refractivity contribution in [2.75, 3.05) is 18.5 Å². The van der Waals surface area contributed by atoms with Crippen LogP contribution >= 0.6 is 0 Å². The highest BCUT2D eigenvalue weighted by Gasteiger charge is 2.52. The van der Waals surface area contributed by atoms with Crippen LogP contribution in [0.25, 0.3) is 0 Å². The largest absolute Gasteiger partial charge is 0.502 e. The Morgan fingerprint density at radius 2 is 2.17 bits per heavy atom. The van der Waals surface area contributed by atoms with Crippen molar-refractivity contribution in [1.29, 1.82) is 0 Å². The molecule has 0 aliphatic rings. The third-order valence-corrected chi connectivity index (χ3v) is 2.90. The lowest BCUT2D eigenvalue weighted by Gasteiger charge is -2.27. The van der Waals surface area contributed by atoms with E-state index >= 15 is 0 Å². The van der Waals surface area contributed by atoms with Crippen LogP contribution in [-0.4, -0.2) is 36.1 Å². The average molecular weight is 342 g/mol. The van der Waals surface area contributed by atoms with E-state index in [1.54, 1.807) is 19.1 Å². The van der Waals surface area contributed by atoms with E-state index in [4.69, 9.17) is 6.42 Å². The van der Waals surface area contributed by atoms with E-state index in [2.05, 4.69) is 16.0 Å². The summed E-state index contributed by atoms with van der Waals surface area (Å²) in [5.74, 6) is 2.36. The maximum Gasteiger partial charge on any atom is 0.422 e. The number of hydrogen-bond acceptors (Lipinski definition) is 3. The Morgan fingerprint density at radius 3 is 2.75 bits per heavy atom. The first-order chi connectivity index (χ1) is 11.2. The number of carbonyl (C=O) groups is 1. The zero-order valence-corrected chi connectivity index (χ0v) is 12.9. The molecule has 1 aromatic rings. The number of ether oxygens (including phenoxy) is 1. The lowest BCUT2D eigenvalue weighted by atomic mass is 10.0. The van der Waals surface area contributed by atoms with Gasteiger partial charge in [-0.05, 0) is 31.2 Å². The lowest BCUT2D eigenvalue weighted by Crippen LogP contribution is -2.52. The third-order valence-electron chi connectivity index (χ3n) is 2.90. The van der Waals surface area contributed by atoms with Crippen LogP contribution in [0.3, 0.4) is 0 Å². The predicted octanol–water partition coefficient (Wildman–Crippen LogP) is 2.63. The summed E-state index contributed by atoms with van der Waals surface area (Å²) in [6.07, 6.45) is 1.41. The molecular formula is C16H17F3N2O3. The molecule has 1 unspecified atom stereocenters. The van der Waals surface area contributed by atoms with Gasteiger partial charge in [0.2, 0.25) is 0 Å². The molecule has 24 heavy (non-hydrogen) atoms. The summed E-state index contributed by atoms with van der Waals surface area (Å²) in [5, 5.41) is 14.0. The van der Waals surface area contributed by atoms with E-state index < -0.39 is 24.4 Å². The maximum absolute atomic E-state index is 13.0. The highest BCUT2D eigenvalue weighted by atomic mass is 19.4. The van der Waals surface area contributed by atoms with Gasteiger partial charge < -0.3 is 20.5 Å². The predicted molar refractivity (Wildman–Crippen MR) is 83.2 cm³/mol. The number of hydrogen-bond donors (Lipinski definition) is 3. The summed E-state index contributed by atoms with van der Waals surface area (Å²) < 4.78 is 43.5. The topological polar surface area (TPSA) is 70.6 Å². The molecule has 1 atom stereocenters. The van der Waals surface area contributed by atoms with E-state index in [0.29, 0.717) is 17.3 Å². The first-order valence-corrected chi connectivity index (χ1v) is 6.92. The van der Waals surface area contributed by atoms with E-state index in [9.17, 15) is 23.1 Å². The Morgan fingerprint density at radius 1 is 1.46 bits per heavy atom. The minimum absolute atomic E-state index is 0.143. The van der Waals surface area contributed by atoms with Gasteiger partial charge in [0.05, 0.1) is 19.4 Å². The highest BCUT2D eigenvalue weighted by Crippen LogP contribution is 2.31. The first-order valence-electron chi connectivity index (χ1n) is 6.92. The molecule has 0 spiro atoms. The van der Waals surface area contributed by atoms with Crippen molar-refractivity contribution >= 4 is 11.7 Å². The molecule has 0 aliphatic carbocycles. The quantitative estimate of drug-likeness (QED) is 0.550. The molecule has 2 amide bonds. The summed E-state index contributed by atoms with van der Waals surface area (Å²) in [7, 11) is 0. The number of terminal acetylenes is 1. The number of amides is 2. The van der Waals surface area contributed by atoms with Gasteiger partial charge in [-0.2, -0.15) is 13.2 Å². The minimum atomic E-state index is -4.99. The van der Waals surface area contributed by atoms with Crippen molar-refractivity contribution in [3.8, 4) is 12.3 Å². The number of benzene rings is 1. The van der Waals surface area contributed by atoms with E-state index in [0.717, 1.165) is 6.26 Å². The van der Waals surface area contributed by atoms with Crippen LogP contribution in [-0.2, 0) is 4.74 Å². The smallest absolute Gasteiger partial charge is 0.422 e. The van der Waals surface area contributed by atoms with Crippen molar-refractivity contribution in [2.45, 2.75) is 18.7 Å². The van der Waals surface area contributed by atoms with Gasteiger partial charge in [0.25, 0.3) is 0 Å². The van der Waals surface area contributed by atoms with Gasteiger partial charge in [-0.25, -0.2) is 4.79 Å². The second kappa shape index (κ2) is 8.26. The molecule has 0 fully saturated rings. The van der Waals surface area contributed by atoms with E-state index in [1.165, 1.54) is 12.1 Å². The van der Waals surface area contributed by atoms with Gasteiger partial charge in [0.15, 0.2) is 5.60 Å². The normalized spacial score (nSPS) is 13.8. The summed E-state index contributed by atoms with van der Waals surface area (Å²) in [5.41, 5.74) is -2.44. The summed E-state index contributed by atoms with van der Waals surface area (Å²) in [4.78, 5) is 11.7. The molecule has 3 N–H and O–H groups in total. The van der Waals surface area contributed by atoms with Crippen molar-refractivity contribution in [1.82, 2.24) is 5.32 Å². The number of alkyl halides is 3. The number of urea groups is 1. The first kappa shape index (κ1) is 19.4. The molecule has 0 radical (unpaired) electrons. The van der Waals surface area contributed by atoms with E-state index in [1.807, 2.05) is 5.32 Å². The summed E-state index contributed by atoms with van der Waals surface area (Å²) in [6, 6.07) is 5.29. The van der Waals surface area contributed by atoms with Gasteiger partial charge in [-0.3, -0.25) is 0 Å². The molecular weight excluding hydrogens is 325 g/mol. The second-order valence-electron chi connectivity index (χ2n) is 4.71. The SMILES string of the molecule is C#Cc1cccc(NC(=O)NCC(O)(/C=C/OCC)C(F)(F)F)c1. The van der Waals surface area contributed by atoms with Crippen molar-refractivity contribution in [3.63, 3.8) is 0 Å². The van der Waals surface area contributed by atoms with Gasteiger partial charge in [0.1, 0.15) is 0 Å². The fourth-order valence-corrected chi connectivity index (χ4v) is 1.59. The average Bonchev–Trinajstić information content (AvgIpc) is 2.52. The summed E-state index contributed by atoms with van der Waals surface area (Å²) >= 11 is 0. The van der Waals surface area contributed by atoms with E-state index in [-0.39, 0.29) is 6.61 Å². The Labute approximate surface area is 137 Å². The Balaban J connectivity index is 2.72. The van der Waals surface area contributed by atoms with Crippen LogP contribution < -0.4 is 10.6 Å². The van der Waals surface area contributed by atoms with Gasteiger partial charge >= 0.3 is 12.2 Å². The fraction of sp³-hybridized carbons (Fsp3) is 0.312. The molecule has 0 aliphatic heterocycles. The number of halogens is 3. The molecule has 0 saturated heterocycles. The van der Waals surface area contributed by atoms with Crippen LogP contribution in [0.4, 0.5) is 23.7 Å². The van der Waals surface area contributed by atoms with Crippen molar-refractivity contribution in [2.24, 2.45) is 0 Å². The van der Waals surface area contributed by atoms with Crippen LogP contribution in [0.2, 0.25) is 0 Å². The Kier molecular flexibility index (Phi) is 6.68. The monoisotopic (exact) mass is 342 g/mol. The lowest BCUT2D eigenvalue weighted by molar-refractivity contribution is -0.237. The minimum Gasteiger partial charge on any atom is -0.502 e.